The fourth-order valence-corrected chi connectivity index (χ4v) is 1.00. The number of nitrogens with zero attached hydrogens (tertiary/aromatic N) is 1. The lowest BCUT2D eigenvalue weighted by Gasteiger charge is -2.19. The Bertz CT molecular complexity index is 205. The van der Waals surface area contributed by atoms with Crippen LogP contribution in [0, 0.1) is 29.1 Å². The first kappa shape index (κ1) is 12.0. The van der Waals surface area contributed by atoms with Crippen molar-refractivity contribution in [3.8, 4) is 6.07 Å². The summed E-state index contributed by atoms with van der Waals surface area (Å²) in [6, 6.07) is 1.99. The van der Waals surface area contributed by atoms with E-state index in [2.05, 4.69) is 0 Å². The summed E-state index contributed by atoms with van der Waals surface area (Å²) in [6.45, 7) is 7.96. The van der Waals surface area contributed by atoms with Crippen molar-refractivity contribution in [3.63, 3.8) is 0 Å². The molecule has 0 spiro atoms. The van der Waals surface area contributed by atoms with E-state index < -0.39 is 11.9 Å². The van der Waals surface area contributed by atoms with Crippen LogP contribution in [0.25, 0.3) is 0 Å². The van der Waals surface area contributed by atoms with Gasteiger partial charge in [-0.1, -0.05) is 20.8 Å². The van der Waals surface area contributed by atoms with Gasteiger partial charge < -0.3 is 4.74 Å². The minimum Gasteiger partial charge on any atom is -0.465 e. The lowest BCUT2D eigenvalue weighted by molar-refractivity contribution is -0.147. The normalized spacial score (nSPS) is 14.8. The summed E-state index contributed by atoms with van der Waals surface area (Å²) in [4.78, 5) is 11.3. The molecule has 0 saturated carbocycles. The van der Waals surface area contributed by atoms with E-state index in [9.17, 15) is 4.79 Å². The van der Waals surface area contributed by atoms with Gasteiger partial charge in [0, 0.05) is 0 Å². The molecule has 3 heteroatoms. The van der Waals surface area contributed by atoms with Crippen LogP contribution in [0.2, 0.25) is 0 Å². The van der Waals surface area contributed by atoms with Crippen molar-refractivity contribution >= 4 is 5.97 Å². The van der Waals surface area contributed by atoms with Crippen LogP contribution in [0.15, 0.2) is 0 Å². The van der Waals surface area contributed by atoms with Crippen molar-refractivity contribution in [3.05, 3.63) is 0 Å². The van der Waals surface area contributed by atoms with Crippen LogP contribution in [0.3, 0.4) is 0 Å². The van der Waals surface area contributed by atoms with Crippen LogP contribution in [0.4, 0.5) is 0 Å². The van der Waals surface area contributed by atoms with Crippen LogP contribution in [0.1, 0.15) is 27.7 Å². The average molecular weight is 183 g/mol. The Morgan fingerprint density at radius 3 is 2.31 bits per heavy atom. The minimum absolute atomic E-state index is 0.0454. The Balaban J connectivity index is 4.35. The number of nitriles is 1. The molecule has 2 atom stereocenters. The van der Waals surface area contributed by atoms with E-state index in [1.807, 2.05) is 26.8 Å². The van der Waals surface area contributed by atoms with Gasteiger partial charge in [-0.3, -0.25) is 4.79 Å². The van der Waals surface area contributed by atoms with Gasteiger partial charge in [0.2, 0.25) is 0 Å². The first-order valence-electron chi connectivity index (χ1n) is 4.60. The smallest absolute Gasteiger partial charge is 0.323 e. The molecule has 0 aromatic heterocycles. The lowest BCUT2D eigenvalue weighted by Crippen LogP contribution is -2.26. The number of carbonyl (C=O) groups excluding carboxylic acids is 1. The molecule has 0 amide bonds. The first-order valence-corrected chi connectivity index (χ1v) is 4.60. The summed E-state index contributed by atoms with van der Waals surface area (Å²) in [5.74, 6) is -0.663. The van der Waals surface area contributed by atoms with Gasteiger partial charge >= 0.3 is 5.97 Å². The molecule has 13 heavy (non-hydrogen) atoms. The molecule has 2 unspecified atom stereocenters. The largest absolute Gasteiger partial charge is 0.465 e. The molecular weight excluding hydrogens is 166 g/mol. The highest BCUT2D eigenvalue weighted by atomic mass is 16.5. The predicted octanol–water partition coefficient (Wildman–Crippen LogP) is 1.98. The molecule has 0 aromatic rings. The molecule has 74 valence electrons. The summed E-state index contributed by atoms with van der Waals surface area (Å²) in [5, 5.41) is 8.79. The number of hydrogen-bond acceptors (Lipinski definition) is 3. The Labute approximate surface area is 79.7 Å². The predicted molar refractivity (Wildman–Crippen MR) is 49.7 cm³/mol. The summed E-state index contributed by atoms with van der Waals surface area (Å²) in [6.07, 6.45) is 0. The molecule has 0 aliphatic carbocycles. The maximum atomic E-state index is 11.3. The van der Waals surface area contributed by atoms with Crippen LogP contribution < -0.4 is 0 Å². The van der Waals surface area contributed by atoms with E-state index in [0.29, 0.717) is 12.5 Å². The zero-order valence-electron chi connectivity index (χ0n) is 8.70. The van der Waals surface area contributed by atoms with E-state index in [1.54, 1.807) is 6.92 Å². The molecule has 0 aliphatic rings. The van der Waals surface area contributed by atoms with Crippen LogP contribution in [0.5, 0.6) is 0 Å². The SMILES string of the molecule is CCOC(=O)C(C#N)C(C)C(C)C. The molecule has 3 nitrogen and oxygen atoms in total. The van der Waals surface area contributed by atoms with Gasteiger partial charge in [-0.2, -0.15) is 5.26 Å². The van der Waals surface area contributed by atoms with Gasteiger partial charge in [-0.15, -0.1) is 0 Å². The molecule has 0 aromatic carbocycles. The second-order valence-corrected chi connectivity index (χ2v) is 3.46. The van der Waals surface area contributed by atoms with Crippen LogP contribution in [-0.4, -0.2) is 12.6 Å². The molecule has 0 heterocycles. The minimum atomic E-state index is -0.625. The van der Waals surface area contributed by atoms with Gasteiger partial charge in [0.15, 0.2) is 0 Å². The molecule has 0 bridgehead atoms. The zero-order valence-corrected chi connectivity index (χ0v) is 8.70. The van der Waals surface area contributed by atoms with Crippen molar-refractivity contribution in [1.29, 1.82) is 5.26 Å². The first-order chi connectivity index (χ1) is 6.04. The van der Waals surface area contributed by atoms with Crippen molar-refractivity contribution < 1.29 is 9.53 Å². The third-order valence-corrected chi connectivity index (χ3v) is 2.26. The van der Waals surface area contributed by atoms with Crippen LogP contribution in [-0.2, 0) is 9.53 Å². The summed E-state index contributed by atoms with van der Waals surface area (Å²) in [5.41, 5.74) is 0. The average Bonchev–Trinajstić information content (AvgIpc) is 2.05. The van der Waals surface area contributed by atoms with Crippen LogP contribution >= 0.6 is 0 Å². The van der Waals surface area contributed by atoms with Gasteiger partial charge in [-0.05, 0) is 18.8 Å². The highest BCUT2D eigenvalue weighted by Crippen LogP contribution is 2.20. The van der Waals surface area contributed by atoms with E-state index in [1.165, 1.54) is 0 Å². The number of hydrogen-bond donors (Lipinski definition) is 0. The fourth-order valence-electron chi connectivity index (χ4n) is 1.00. The quantitative estimate of drug-likeness (QED) is 0.626. The van der Waals surface area contributed by atoms with Crippen molar-refractivity contribution in [2.24, 2.45) is 17.8 Å². The third kappa shape index (κ3) is 3.45. The number of ether oxygens (including phenoxy) is 1. The molecule has 0 saturated heterocycles. The van der Waals surface area contributed by atoms with Crippen molar-refractivity contribution in [2.75, 3.05) is 6.61 Å². The molecular formula is C10H17NO2. The standard InChI is InChI=1S/C10H17NO2/c1-5-13-10(12)9(6-11)8(4)7(2)3/h7-9H,5H2,1-4H3. The summed E-state index contributed by atoms with van der Waals surface area (Å²) in [7, 11) is 0. The van der Waals surface area contributed by atoms with Gasteiger partial charge in [0.25, 0.3) is 0 Å². The summed E-state index contributed by atoms with van der Waals surface area (Å²) < 4.78 is 4.80. The van der Waals surface area contributed by atoms with Gasteiger partial charge in [-0.25, -0.2) is 0 Å². The van der Waals surface area contributed by atoms with E-state index >= 15 is 0 Å². The van der Waals surface area contributed by atoms with E-state index in [4.69, 9.17) is 10.00 Å². The van der Waals surface area contributed by atoms with Gasteiger partial charge in [0.05, 0.1) is 12.7 Å². The highest BCUT2D eigenvalue weighted by Gasteiger charge is 2.27. The Morgan fingerprint density at radius 1 is 1.46 bits per heavy atom. The number of rotatable bonds is 4. The number of carbonyl (C=O) groups is 1. The molecule has 0 fully saturated rings. The molecule has 0 aliphatic heterocycles. The molecule has 0 N–H and O–H groups in total. The molecule has 0 rings (SSSR count). The monoisotopic (exact) mass is 183 g/mol. The third-order valence-electron chi connectivity index (χ3n) is 2.26. The highest BCUT2D eigenvalue weighted by molar-refractivity contribution is 5.75. The maximum absolute atomic E-state index is 11.3. The second kappa shape index (κ2) is 5.58. The van der Waals surface area contributed by atoms with Crippen molar-refractivity contribution in [1.82, 2.24) is 0 Å². The Morgan fingerprint density at radius 2 is 2.00 bits per heavy atom. The van der Waals surface area contributed by atoms with E-state index in [0.717, 1.165) is 0 Å². The van der Waals surface area contributed by atoms with Crippen molar-refractivity contribution in [2.45, 2.75) is 27.7 Å². The Kier molecular flexibility index (Phi) is 5.13. The lowest BCUT2D eigenvalue weighted by atomic mass is 9.86. The second-order valence-electron chi connectivity index (χ2n) is 3.46. The fraction of sp³-hybridized carbons (Fsp3) is 0.800. The number of esters is 1. The zero-order chi connectivity index (χ0) is 10.4. The molecule has 0 radical (unpaired) electrons. The summed E-state index contributed by atoms with van der Waals surface area (Å²) >= 11 is 0. The van der Waals surface area contributed by atoms with Gasteiger partial charge in [0.1, 0.15) is 5.92 Å². The topological polar surface area (TPSA) is 50.1 Å². The maximum Gasteiger partial charge on any atom is 0.323 e. The Hall–Kier alpha value is -1.04. The van der Waals surface area contributed by atoms with E-state index in [-0.39, 0.29) is 5.92 Å².